The summed E-state index contributed by atoms with van der Waals surface area (Å²) in [6, 6.07) is 5.42. The fraction of sp³-hybridized carbons (Fsp3) is 0. The van der Waals surface area contributed by atoms with Gasteiger partial charge in [-0.25, -0.2) is 0 Å². The van der Waals surface area contributed by atoms with E-state index in [0.29, 0.717) is 0 Å². The van der Waals surface area contributed by atoms with Gasteiger partial charge in [0, 0.05) is 6.07 Å². The van der Waals surface area contributed by atoms with Crippen LogP contribution in [0.3, 0.4) is 0 Å². The smallest absolute Gasteiger partial charge is 0.258 e. The number of benzene rings is 1. The second-order valence-electron chi connectivity index (χ2n) is 1.95. The lowest BCUT2D eigenvalue weighted by atomic mass is 10.3. The Hall–Kier alpha value is -1.98. The molecule has 0 amide bonds. The summed E-state index contributed by atoms with van der Waals surface area (Å²) in [5, 5.41) is 20.3. The van der Waals surface area contributed by atoms with E-state index in [1.165, 1.54) is 0 Å². The van der Waals surface area contributed by atoms with Gasteiger partial charge in [-0.2, -0.15) is 0 Å². The Bertz CT molecular complexity index is 307. The van der Waals surface area contributed by atoms with E-state index >= 15 is 0 Å². The summed E-state index contributed by atoms with van der Waals surface area (Å²) < 4.78 is 0. The van der Waals surface area contributed by atoms with Gasteiger partial charge in [-0.3, -0.25) is 20.2 Å². The first-order valence-electron chi connectivity index (χ1n) is 2.92. The molecule has 0 atom stereocenters. The lowest BCUT2D eigenvalue weighted by Gasteiger charge is -1.89. The van der Waals surface area contributed by atoms with Crippen molar-refractivity contribution in [2.45, 2.75) is 0 Å². The highest BCUT2D eigenvalue weighted by atomic mass is 16.6. The zero-order valence-corrected chi connectivity index (χ0v) is 5.76. The van der Waals surface area contributed by atoms with Crippen LogP contribution in [0.1, 0.15) is 0 Å². The van der Waals surface area contributed by atoms with E-state index in [-0.39, 0.29) is 5.69 Å². The number of nitro benzene ring substituents is 2. The number of hydrogen-bond acceptors (Lipinski definition) is 4. The molecule has 0 aliphatic heterocycles. The molecule has 0 fully saturated rings. The number of hydrogen-bond donors (Lipinski definition) is 0. The van der Waals surface area contributed by atoms with Gasteiger partial charge in [-0.15, -0.1) is 0 Å². The Kier molecular flexibility index (Phi) is 2.00. The molecule has 0 saturated heterocycles. The minimum atomic E-state index is -0.729. The molecule has 6 heteroatoms. The average Bonchev–Trinajstić information content (AvgIpc) is 2.04. The molecule has 1 radical (unpaired) electrons. The molecule has 0 spiro atoms. The molecule has 0 aliphatic rings. The maximum atomic E-state index is 10.1. The molecule has 1 aromatic carbocycles. The molecular weight excluding hydrogens is 164 g/mol. The van der Waals surface area contributed by atoms with Crippen molar-refractivity contribution in [3.63, 3.8) is 0 Å². The summed E-state index contributed by atoms with van der Waals surface area (Å²) in [6.07, 6.45) is 0. The highest BCUT2D eigenvalue weighted by Crippen LogP contribution is 2.17. The summed E-state index contributed by atoms with van der Waals surface area (Å²) in [5.41, 5.74) is -0.704. The zero-order chi connectivity index (χ0) is 9.14. The van der Waals surface area contributed by atoms with Crippen LogP contribution < -0.4 is 0 Å². The quantitative estimate of drug-likeness (QED) is 0.490. The van der Waals surface area contributed by atoms with Gasteiger partial charge in [0.15, 0.2) is 0 Å². The van der Waals surface area contributed by atoms with Crippen molar-refractivity contribution in [2.24, 2.45) is 0 Å². The molecule has 0 N–H and O–H groups in total. The third kappa shape index (κ3) is 1.54. The molecular formula is C6H3N2O4. The monoisotopic (exact) mass is 167 g/mol. The predicted molar refractivity (Wildman–Crippen MR) is 38.6 cm³/mol. The van der Waals surface area contributed by atoms with Crippen LogP contribution in [0.4, 0.5) is 11.4 Å². The standard InChI is InChI=1S/C6H3N2O4/c9-7(10)5-2-1-3-6(4-5)8(11)12/h1-2,4H. The predicted octanol–water partition coefficient (Wildman–Crippen LogP) is 1.30. The summed E-state index contributed by atoms with van der Waals surface area (Å²) in [6.45, 7) is 0. The third-order valence-electron chi connectivity index (χ3n) is 1.18. The van der Waals surface area contributed by atoms with Crippen LogP contribution in [-0.2, 0) is 0 Å². The highest BCUT2D eigenvalue weighted by molar-refractivity contribution is 5.41. The first-order valence-corrected chi connectivity index (χ1v) is 2.92. The number of non-ortho nitro benzene ring substituents is 2. The molecule has 12 heavy (non-hydrogen) atoms. The third-order valence-corrected chi connectivity index (χ3v) is 1.18. The summed E-state index contributed by atoms with van der Waals surface area (Å²) >= 11 is 0. The van der Waals surface area contributed by atoms with Gasteiger partial charge < -0.3 is 0 Å². The second kappa shape index (κ2) is 2.95. The van der Waals surface area contributed by atoms with Gasteiger partial charge in [0.1, 0.15) is 0 Å². The zero-order valence-electron chi connectivity index (χ0n) is 5.76. The first kappa shape index (κ1) is 8.12. The maximum absolute atomic E-state index is 10.1. The fourth-order valence-electron chi connectivity index (χ4n) is 0.661. The van der Waals surface area contributed by atoms with Crippen molar-refractivity contribution >= 4 is 11.4 Å². The minimum Gasteiger partial charge on any atom is -0.258 e. The van der Waals surface area contributed by atoms with Crippen LogP contribution in [-0.4, -0.2) is 9.85 Å². The van der Waals surface area contributed by atoms with Crippen molar-refractivity contribution in [3.05, 3.63) is 44.5 Å². The molecule has 61 valence electrons. The lowest BCUT2D eigenvalue weighted by molar-refractivity contribution is -0.394. The molecule has 0 heterocycles. The van der Waals surface area contributed by atoms with Crippen molar-refractivity contribution in [1.29, 1.82) is 0 Å². The molecule has 0 aliphatic carbocycles. The van der Waals surface area contributed by atoms with Crippen molar-refractivity contribution in [2.75, 3.05) is 0 Å². The SMILES string of the molecule is O=[N+]([O-])c1[c]ccc([N+](=O)[O-])c1. The molecule has 1 aromatic rings. The highest BCUT2D eigenvalue weighted by Gasteiger charge is 2.12. The Labute approximate surface area is 66.7 Å². The Morgan fingerprint density at radius 2 is 1.92 bits per heavy atom. The van der Waals surface area contributed by atoms with Crippen molar-refractivity contribution in [3.8, 4) is 0 Å². The van der Waals surface area contributed by atoms with Gasteiger partial charge >= 0.3 is 0 Å². The summed E-state index contributed by atoms with van der Waals surface area (Å²) in [7, 11) is 0. The summed E-state index contributed by atoms with van der Waals surface area (Å²) in [4.78, 5) is 18.8. The molecule has 0 bridgehead atoms. The Morgan fingerprint density at radius 1 is 1.25 bits per heavy atom. The molecule has 0 saturated carbocycles. The normalized spacial score (nSPS) is 9.33. The van der Waals surface area contributed by atoms with Crippen LogP contribution in [0.15, 0.2) is 18.2 Å². The second-order valence-corrected chi connectivity index (χ2v) is 1.95. The van der Waals surface area contributed by atoms with Gasteiger partial charge in [0.25, 0.3) is 11.4 Å². The van der Waals surface area contributed by atoms with Crippen LogP contribution in [0, 0.1) is 26.3 Å². The van der Waals surface area contributed by atoms with E-state index in [2.05, 4.69) is 6.07 Å². The number of nitrogens with zero attached hydrogens (tertiary/aromatic N) is 2. The molecule has 0 aromatic heterocycles. The van der Waals surface area contributed by atoms with Crippen molar-refractivity contribution < 1.29 is 9.85 Å². The molecule has 0 unspecified atom stereocenters. The van der Waals surface area contributed by atoms with Crippen molar-refractivity contribution in [1.82, 2.24) is 0 Å². The van der Waals surface area contributed by atoms with E-state index in [0.717, 1.165) is 18.2 Å². The molecule has 6 nitrogen and oxygen atoms in total. The fourth-order valence-corrected chi connectivity index (χ4v) is 0.661. The maximum Gasteiger partial charge on any atom is 0.284 e. The van der Waals surface area contributed by atoms with Crippen LogP contribution in [0.5, 0.6) is 0 Å². The largest absolute Gasteiger partial charge is 0.284 e. The Balaban J connectivity index is 3.12. The summed E-state index contributed by atoms with van der Waals surface area (Å²) in [5.74, 6) is 0. The van der Waals surface area contributed by atoms with E-state index in [1.807, 2.05) is 0 Å². The van der Waals surface area contributed by atoms with Crippen LogP contribution >= 0.6 is 0 Å². The topological polar surface area (TPSA) is 86.3 Å². The van der Waals surface area contributed by atoms with Crippen LogP contribution in [0.2, 0.25) is 0 Å². The van der Waals surface area contributed by atoms with E-state index in [4.69, 9.17) is 0 Å². The van der Waals surface area contributed by atoms with E-state index in [9.17, 15) is 20.2 Å². The van der Waals surface area contributed by atoms with E-state index in [1.54, 1.807) is 0 Å². The minimum absolute atomic E-state index is 0.305. The van der Waals surface area contributed by atoms with E-state index < -0.39 is 15.5 Å². The number of nitro groups is 2. The van der Waals surface area contributed by atoms with Gasteiger partial charge in [0.05, 0.1) is 22.0 Å². The molecule has 1 rings (SSSR count). The number of rotatable bonds is 2. The van der Waals surface area contributed by atoms with Gasteiger partial charge in [0.2, 0.25) is 0 Å². The lowest BCUT2D eigenvalue weighted by Crippen LogP contribution is -1.91. The van der Waals surface area contributed by atoms with Gasteiger partial charge in [-0.1, -0.05) is 0 Å². The first-order chi connectivity index (χ1) is 5.61. The van der Waals surface area contributed by atoms with Gasteiger partial charge in [-0.05, 0) is 6.07 Å². The van der Waals surface area contributed by atoms with Crippen LogP contribution in [0.25, 0.3) is 0 Å². The Morgan fingerprint density at radius 3 is 2.42 bits per heavy atom. The average molecular weight is 167 g/mol.